The van der Waals surface area contributed by atoms with Gasteiger partial charge in [0.1, 0.15) is 18.3 Å². The van der Waals surface area contributed by atoms with Crippen molar-refractivity contribution in [1.29, 1.82) is 0 Å². The van der Waals surface area contributed by atoms with Gasteiger partial charge in [0.25, 0.3) is 0 Å². The van der Waals surface area contributed by atoms with Gasteiger partial charge in [-0.2, -0.15) is 0 Å². The molecular formula is C14H15BrClNO6. The molecule has 1 aromatic heterocycles. The molecule has 1 unspecified atom stereocenters. The van der Waals surface area contributed by atoms with Crippen LogP contribution in [-0.4, -0.2) is 61.8 Å². The van der Waals surface area contributed by atoms with Crippen molar-refractivity contribution >= 4 is 38.6 Å². The molecule has 0 bridgehead atoms. The number of halogens is 2. The summed E-state index contributed by atoms with van der Waals surface area (Å²) < 4.78 is 12.4. The van der Waals surface area contributed by atoms with Crippen LogP contribution in [0.15, 0.2) is 28.7 Å². The van der Waals surface area contributed by atoms with Crippen molar-refractivity contribution in [3.8, 4) is 5.88 Å². The highest BCUT2D eigenvalue weighted by Gasteiger charge is 2.45. The summed E-state index contributed by atoms with van der Waals surface area (Å²) >= 11 is 9.60. The summed E-state index contributed by atoms with van der Waals surface area (Å²) in [4.78, 5) is 0. The van der Waals surface area contributed by atoms with Crippen LogP contribution in [0.4, 0.5) is 0 Å². The molecule has 1 aliphatic rings. The monoisotopic (exact) mass is 407 g/mol. The van der Waals surface area contributed by atoms with Crippen molar-refractivity contribution in [3.05, 3.63) is 28.7 Å². The smallest absolute Gasteiger partial charge is 0.225 e. The molecule has 0 saturated carbocycles. The number of fused-ring (bicyclic) bond motifs is 1. The minimum Gasteiger partial charge on any atom is -0.466 e. The maximum absolute atomic E-state index is 10.1. The molecule has 1 aromatic carbocycles. The van der Waals surface area contributed by atoms with Crippen molar-refractivity contribution in [2.75, 3.05) is 6.61 Å². The lowest BCUT2D eigenvalue weighted by molar-refractivity contribution is -0.281. The van der Waals surface area contributed by atoms with Crippen LogP contribution in [-0.2, 0) is 4.74 Å². The Balaban J connectivity index is 1.93. The second-order valence-corrected chi connectivity index (χ2v) is 6.36. The molecule has 1 saturated heterocycles. The van der Waals surface area contributed by atoms with Gasteiger partial charge in [0.2, 0.25) is 5.88 Å². The fourth-order valence-electron chi connectivity index (χ4n) is 2.57. The Morgan fingerprint density at radius 1 is 1.22 bits per heavy atom. The number of para-hydroxylation sites is 1. The molecule has 3 rings (SSSR count). The average molecular weight is 409 g/mol. The number of rotatable bonds is 3. The van der Waals surface area contributed by atoms with Crippen molar-refractivity contribution < 1.29 is 29.9 Å². The molecule has 2 aromatic rings. The molecule has 0 radical (unpaired) electrons. The first-order chi connectivity index (χ1) is 11.0. The standard InChI is InChI=1S/C14H15BrClNO6/c15-9-6-3-1-2-4-7(6)17(16)13(9)23-12-11(20)10(19)8(5-18)22-14(12)21/h1-4,8,10-12,14,18-21H,5H2/t8-,10+,11+,12-,14?/m1/s1. The van der Waals surface area contributed by atoms with Gasteiger partial charge in [0, 0.05) is 17.2 Å². The summed E-state index contributed by atoms with van der Waals surface area (Å²) in [5.41, 5.74) is 0.672. The van der Waals surface area contributed by atoms with Gasteiger partial charge in [-0.1, -0.05) is 18.2 Å². The second kappa shape index (κ2) is 6.56. The van der Waals surface area contributed by atoms with Crippen molar-refractivity contribution in [2.24, 2.45) is 0 Å². The number of aromatic nitrogens is 1. The third kappa shape index (κ3) is 2.85. The summed E-state index contributed by atoms with van der Waals surface area (Å²) in [5.74, 6) is 0.161. The number of benzene rings is 1. The Morgan fingerprint density at radius 2 is 1.91 bits per heavy atom. The van der Waals surface area contributed by atoms with Crippen molar-refractivity contribution in [1.82, 2.24) is 4.09 Å². The van der Waals surface area contributed by atoms with Gasteiger partial charge in [-0.3, -0.25) is 0 Å². The minimum absolute atomic E-state index is 0.161. The third-order valence-electron chi connectivity index (χ3n) is 3.81. The molecule has 1 aliphatic heterocycles. The zero-order valence-corrected chi connectivity index (χ0v) is 14.1. The molecule has 9 heteroatoms. The first-order valence-corrected chi connectivity index (χ1v) is 8.01. The number of aliphatic hydroxyl groups excluding tert-OH is 4. The number of ether oxygens (including phenoxy) is 2. The quantitative estimate of drug-likeness (QED) is 0.592. The lowest BCUT2D eigenvalue weighted by Gasteiger charge is -2.39. The first-order valence-electron chi connectivity index (χ1n) is 6.88. The third-order valence-corrected chi connectivity index (χ3v) is 4.91. The lowest BCUT2D eigenvalue weighted by Crippen LogP contribution is -2.60. The molecule has 4 N–H and O–H groups in total. The van der Waals surface area contributed by atoms with Crippen LogP contribution in [0.25, 0.3) is 10.9 Å². The van der Waals surface area contributed by atoms with E-state index in [9.17, 15) is 15.3 Å². The lowest BCUT2D eigenvalue weighted by atomic mass is 9.99. The fourth-order valence-corrected chi connectivity index (χ4v) is 3.55. The van der Waals surface area contributed by atoms with Crippen LogP contribution in [0.1, 0.15) is 0 Å². The fraction of sp³-hybridized carbons (Fsp3) is 0.429. The van der Waals surface area contributed by atoms with Gasteiger partial charge in [0.15, 0.2) is 12.4 Å². The van der Waals surface area contributed by atoms with Crippen LogP contribution in [0.5, 0.6) is 5.88 Å². The highest BCUT2D eigenvalue weighted by atomic mass is 79.9. The molecule has 2 heterocycles. The molecule has 126 valence electrons. The number of nitrogens with zero attached hydrogens (tertiary/aromatic N) is 1. The van der Waals surface area contributed by atoms with E-state index in [-0.39, 0.29) is 5.88 Å². The first kappa shape index (κ1) is 17.0. The predicted octanol–water partition coefficient (Wildman–Crippen LogP) is 0.584. The molecular weight excluding hydrogens is 394 g/mol. The highest BCUT2D eigenvalue weighted by Crippen LogP contribution is 2.39. The second-order valence-electron chi connectivity index (χ2n) is 5.23. The maximum atomic E-state index is 10.1. The van der Waals surface area contributed by atoms with Crippen molar-refractivity contribution in [2.45, 2.75) is 30.7 Å². The zero-order chi connectivity index (χ0) is 16.7. The Morgan fingerprint density at radius 3 is 2.57 bits per heavy atom. The van der Waals surface area contributed by atoms with E-state index < -0.39 is 37.3 Å². The molecule has 23 heavy (non-hydrogen) atoms. The van der Waals surface area contributed by atoms with Crippen molar-refractivity contribution in [3.63, 3.8) is 0 Å². The molecule has 0 amide bonds. The highest BCUT2D eigenvalue weighted by molar-refractivity contribution is 9.10. The van der Waals surface area contributed by atoms with Gasteiger partial charge in [0.05, 0.1) is 16.6 Å². The summed E-state index contributed by atoms with van der Waals surface area (Å²) in [6.07, 6.45) is -6.76. The molecule has 1 fully saturated rings. The Hall–Kier alpha value is -0.870. The van der Waals surface area contributed by atoms with Crippen LogP contribution in [0.3, 0.4) is 0 Å². The van der Waals surface area contributed by atoms with Gasteiger partial charge in [-0.15, -0.1) is 0 Å². The van der Waals surface area contributed by atoms with Gasteiger partial charge < -0.3 is 29.9 Å². The Labute approximate surface area is 144 Å². The topological polar surface area (TPSA) is 104 Å². The van der Waals surface area contributed by atoms with E-state index in [4.69, 9.17) is 26.4 Å². The van der Waals surface area contributed by atoms with E-state index in [1.807, 2.05) is 12.1 Å². The van der Waals surface area contributed by atoms with Crippen LogP contribution in [0, 0.1) is 0 Å². The Bertz CT molecular complexity index is 671. The maximum Gasteiger partial charge on any atom is 0.225 e. The number of hydrogen-bond donors (Lipinski definition) is 4. The summed E-state index contributed by atoms with van der Waals surface area (Å²) in [7, 11) is 0. The molecule has 0 aliphatic carbocycles. The number of aliphatic hydroxyl groups is 4. The van der Waals surface area contributed by atoms with E-state index in [1.165, 1.54) is 4.09 Å². The van der Waals surface area contributed by atoms with E-state index in [2.05, 4.69) is 15.9 Å². The Kier molecular flexibility index (Phi) is 4.84. The van der Waals surface area contributed by atoms with E-state index in [0.29, 0.717) is 9.99 Å². The minimum atomic E-state index is -1.54. The predicted molar refractivity (Wildman–Crippen MR) is 85.3 cm³/mol. The van der Waals surface area contributed by atoms with E-state index >= 15 is 0 Å². The van der Waals surface area contributed by atoms with Gasteiger partial charge >= 0.3 is 0 Å². The molecule has 0 spiro atoms. The summed E-state index contributed by atoms with van der Waals surface area (Å²) in [5, 5.41) is 39.9. The van der Waals surface area contributed by atoms with Gasteiger partial charge in [-0.05, 0) is 22.0 Å². The summed E-state index contributed by atoms with van der Waals surface area (Å²) in [6, 6.07) is 7.24. The molecule has 7 nitrogen and oxygen atoms in total. The van der Waals surface area contributed by atoms with Crippen LogP contribution >= 0.6 is 27.7 Å². The zero-order valence-electron chi connectivity index (χ0n) is 11.7. The SMILES string of the molecule is OC[C@H]1OC(O)[C@H](Oc2c(Br)c3ccccc3n2Cl)[C@@H](O)[C@H]1O. The van der Waals surface area contributed by atoms with Crippen LogP contribution < -0.4 is 4.74 Å². The summed E-state index contributed by atoms with van der Waals surface area (Å²) in [6.45, 7) is -0.540. The van der Waals surface area contributed by atoms with Gasteiger partial charge in [-0.25, -0.2) is 4.09 Å². The van der Waals surface area contributed by atoms with E-state index in [0.717, 1.165) is 5.39 Å². The average Bonchev–Trinajstić information content (AvgIpc) is 2.79. The largest absolute Gasteiger partial charge is 0.466 e. The van der Waals surface area contributed by atoms with E-state index in [1.54, 1.807) is 12.1 Å². The normalized spacial score (nSPS) is 31.5. The van der Waals surface area contributed by atoms with Crippen LogP contribution in [0.2, 0.25) is 0 Å². The molecule has 5 atom stereocenters. The number of hydrogen-bond acceptors (Lipinski definition) is 6.